The summed E-state index contributed by atoms with van der Waals surface area (Å²) in [6.45, 7) is 5.25. The first-order valence-electron chi connectivity index (χ1n) is 9.53. The molecule has 5 rings (SSSR count). The molecule has 1 aromatic heterocycles. The first-order chi connectivity index (χ1) is 11.5. The van der Waals surface area contributed by atoms with Gasteiger partial charge in [0, 0.05) is 16.8 Å². The van der Waals surface area contributed by atoms with Crippen molar-refractivity contribution in [3.8, 4) is 0 Å². The number of amides is 1. The maximum atomic E-state index is 12.8. The van der Waals surface area contributed by atoms with Gasteiger partial charge in [0.15, 0.2) is 0 Å². The lowest BCUT2D eigenvalue weighted by atomic mass is 9.50. The van der Waals surface area contributed by atoms with Gasteiger partial charge in [0.25, 0.3) is 5.91 Å². The van der Waals surface area contributed by atoms with Gasteiger partial charge in [0.2, 0.25) is 0 Å². The molecule has 0 spiro atoms. The average molecular weight is 327 g/mol. The van der Waals surface area contributed by atoms with Crippen LogP contribution in [0.3, 0.4) is 0 Å². The number of hydrogen-bond donors (Lipinski definition) is 2. The van der Waals surface area contributed by atoms with E-state index in [2.05, 4.69) is 22.5 Å². The minimum absolute atomic E-state index is 0.00583. The zero-order valence-corrected chi connectivity index (χ0v) is 14.9. The van der Waals surface area contributed by atoms with Gasteiger partial charge in [0.05, 0.1) is 0 Å². The average Bonchev–Trinajstić information content (AvgIpc) is 2.51. The number of carbonyl (C=O) groups is 1. The summed E-state index contributed by atoms with van der Waals surface area (Å²) in [6, 6.07) is 5.68. The number of aryl methyl sites for hydroxylation is 1. The molecular formula is C20H29N3O. The summed E-state index contributed by atoms with van der Waals surface area (Å²) in [7, 11) is 0. The van der Waals surface area contributed by atoms with Gasteiger partial charge in [0.1, 0.15) is 5.69 Å². The molecule has 2 N–H and O–H groups in total. The molecule has 0 aliphatic heterocycles. The van der Waals surface area contributed by atoms with Crippen molar-refractivity contribution in [2.75, 3.05) is 6.54 Å². The summed E-state index contributed by atoms with van der Waals surface area (Å²) >= 11 is 0. The van der Waals surface area contributed by atoms with Crippen LogP contribution < -0.4 is 10.6 Å². The van der Waals surface area contributed by atoms with Crippen LogP contribution in [0.4, 0.5) is 0 Å². The molecule has 1 heterocycles. The van der Waals surface area contributed by atoms with Gasteiger partial charge in [-0.2, -0.15) is 0 Å². The van der Waals surface area contributed by atoms with Crippen LogP contribution in [0.5, 0.6) is 0 Å². The van der Waals surface area contributed by atoms with Crippen molar-refractivity contribution >= 4 is 5.91 Å². The van der Waals surface area contributed by atoms with Crippen LogP contribution in [0.1, 0.15) is 68.1 Å². The molecule has 4 aliphatic carbocycles. The van der Waals surface area contributed by atoms with E-state index in [1.165, 1.54) is 25.7 Å². The van der Waals surface area contributed by atoms with Crippen LogP contribution in [0.2, 0.25) is 0 Å². The second-order valence-electron chi connectivity index (χ2n) is 8.57. The molecule has 4 aliphatic rings. The number of aromatic nitrogens is 1. The summed E-state index contributed by atoms with van der Waals surface area (Å²) in [5, 5.41) is 7.28. The molecule has 2 atom stereocenters. The SMILES string of the molecule is CCCNC12CC3CC(C1)CC(NC(=O)c1cccc(C)n1)(C3)C2. The smallest absolute Gasteiger partial charge is 0.270 e. The number of pyridine rings is 1. The standard InChI is InChI=1S/C20H29N3O/c1-3-7-21-19-9-15-8-16(10-19)12-20(11-15,13-19)23-18(24)17-6-4-5-14(2)22-17/h4-6,15-16,21H,3,7-13H2,1-2H3,(H,23,24). The van der Waals surface area contributed by atoms with Crippen LogP contribution in [0, 0.1) is 18.8 Å². The fourth-order valence-corrected chi connectivity index (χ4v) is 5.98. The van der Waals surface area contributed by atoms with Gasteiger partial charge in [-0.15, -0.1) is 0 Å². The highest BCUT2D eigenvalue weighted by Crippen LogP contribution is 2.57. The van der Waals surface area contributed by atoms with E-state index in [1.807, 2.05) is 25.1 Å². The van der Waals surface area contributed by atoms with Gasteiger partial charge in [-0.05, 0) is 82.4 Å². The van der Waals surface area contributed by atoms with Gasteiger partial charge in [-0.1, -0.05) is 13.0 Å². The number of nitrogens with one attached hydrogen (secondary N) is 2. The van der Waals surface area contributed by atoms with Crippen molar-refractivity contribution in [2.45, 2.75) is 69.9 Å². The Hall–Kier alpha value is -1.42. The normalized spacial score (nSPS) is 36.8. The Kier molecular flexibility index (Phi) is 3.91. The molecule has 24 heavy (non-hydrogen) atoms. The second kappa shape index (κ2) is 5.83. The highest BCUT2D eigenvalue weighted by atomic mass is 16.2. The summed E-state index contributed by atoms with van der Waals surface area (Å²) in [4.78, 5) is 17.2. The highest BCUT2D eigenvalue weighted by Gasteiger charge is 2.58. The van der Waals surface area contributed by atoms with E-state index < -0.39 is 0 Å². The maximum Gasteiger partial charge on any atom is 0.270 e. The lowest BCUT2D eigenvalue weighted by molar-refractivity contribution is -0.0482. The van der Waals surface area contributed by atoms with Gasteiger partial charge in [-0.3, -0.25) is 4.79 Å². The third kappa shape index (κ3) is 2.85. The van der Waals surface area contributed by atoms with Gasteiger partial charge < -0.3 is 10.6 Å². The van der Waals surface area contributed by atoms with Crippen molar-refractivity contribution in [1.29, 1.82) is 0 Å². The van der Waals surface area contributed by atoms with Crippen molar-refractivity contribution in [3.05, 3.63) is 29.6 Å². The van der Waals surface area contributed by atoms with Crippen LogP contribution in [-0.2, 0) is 0 Å². The third-order valence-electron chi connectivity index (χ3n) is 6.31. The molecular weight excluding hydrogens is 298 g/mol. The Balaban J connectivity index is 1.55. The van der Waals surface area contributed by atoms with Crippen LogP contribution in [0.25, 0.3) is 0 Å². The number of nitrogens with zero attached hydrogens (tertiary/aromatic N) is 1. The Morgan fingerprint density at radius 2 is 1.92 bits per heavy atom. The molecule has 130 valence electrons. The number of carbonyl (C=O) groups excluding carboxylic acids is 1. The molecule has 4 saturated carbocycles. The molecule has 2 unspecified atom stereocenters. The first-order valence-corrected chi connectivity index (χ1v) is 9.53. The number of hydrogen-bond acceptors (Lipinski definition) is 3. The van der Waals surface area contributed by atoms with E-state index in [4.69, 9.17) is 0 Å². The molecule has 4 heteroatoms. The monoisotopic (exact) mass is 327 g/mol. The molecule has 4 fully saturated rings. The molecule has 4 bridgehead atoms. The quantitative estimate of drug-likeness (QED) is 0.873. The predicted molar refractivity (Wildman–Crippen MR) is 94.9 cm³/mol. The van der Waals surface area contributed by atoms with Crippen molar-refractivity contribution < 1.29 is 4.79 Å². The second-order valence-corrected chi connectivity index (χ2v) is 8.57. The Labute approximate surface area is 144 Å². The number of rotatable bonds is 5. The fourth-order valence-electron chi connectivity index (χ4n) is 5.98. The Morgan fingerprint density at radius 3 is 2.58 bits per heavy atom. The van der Waals surface area contributed by atoms with Crippen molar-refractivity contribution in [2.24, 2.45) is 11.8 Å². The zero-order chi connectivity index (χ0) is 16.8. The molecule has 4 nitrogen and oxygen atoms in total. The molecule has 1 amide bonds. The Bertz CT molecular complexity index is 628. The largest absolute Gasteiger partial charge is 0.345 e. The summed E-state index contributed by atoms with van der Waals surface area (Å²) in [5.41, 5.74) is 1.69. The van der Waals surface area contributed by atoms with Gasteiger partial charge in [-0.25, -0.2) is 4.98 Å². The summed E-state index contributed by atoms with van der Waals surface area (Å²) < 4.78 is 0. The zero-order valence-electron chi connectivity index (χ0n) is 14.9. The lowest BCUT2D eigenvalue weighted by Gasteiger charge is -2.62. The predicted octanol–water partition coefficient (Wildman–Crippen LogP) is 3.21. The minimum atomic E-state index is -0.0205. The van der Waals surface area contributed by atoms with Crippen molar-refractivity contribution in [3.63, 3.8) is 0 Å². The van der Waals surface area contributed by atoms with Crippen LogP contribution in [-0.4, -0.2) is 28.5 Å². The van der Waals surface area contributed by atoms with E-state index >= 15 is 0 Å². The van der Waals surface area contributed by atoms with E-state index in [-0.39, 0.29) is 17.0 Å². The highest BCUT2D eigenvalue weighted by molar-refractivity contribution is 5.92. The topological polar surface area (TPSA) is 54.0 Å². The molecule has 0 aromatic carbocycles. The molecule has 1 aromatic rings. The Morgan fingerprint density at radius 1 is 1.21 bits per heavy atom. The first kappa shape index (κ1) is 16.1. The van der Waals surface area contributed by atoms with Crippen LogP contribution in [0.15, 0.2) is 18.2 Å². The van der Waals surface area contributed by atoms with E-state index in [9.17, 15) is 4.79 Å². The summed E-state index contributed by atoms with van der Waals surface area (Å²) in [5.74, 6) is 1.54. The van der Waals surface area contributed by atoms with E-state index in [0.29, 0.717) is 5.69 Å². The fraction of sp³-hybridized carbons (Fsp3) is 0.700. The van der Waals surface area contributed by atoms with E-state index in [1.54, 1.807) is 0 Å². The lowest BCUT2D eigenvalue weighted by Crippen LogP contribution is -2.69. The summed E-state index contributed by atoms with van der Waals surface area (Å²) in [6.07, 6.45) is 8.50. The van der Waals surface area contributed by atoms with Crippen LogP contribution >= 0.6 is 0 Å². The third-order valence-corrected chi connectivity index (χ3v) is 6.31. The molecule has 0 radical (unpaired) electrons. The van der Waals surface area contributed by atoms with Gasteiger partial charge >= 0.3 is 0 Å². The maximum absolute atomic E-state index is 12.8. The van der Waals surface area contributed by atoms with E-state index in [0.717, 1.165) is 43.3 Å². The molecule has 0 saturated heterocycles. The van der Waals surface area contributed by atoms with Crippen molar-refractivity contribution in [1.82, 2.24) is 15.6 Å². The minimum Gasteiger partial charge on any atom is -0.345 e.